The molecule has 1 aliphatic rings. The van der Waals surface area contributed by atoms with Gasteiger partial charge in [-0.3, -0.25) is 0 Å². The number of fused-ring (bicyclic) bond motifs is 1. The number of rotatable bonds is 6. The lowest BCUT2D eigenvalue weighted by atomic mass is 10.1. The van der Waals surface area contributed by atoms with Crippen LogP contribution in [0.25, 0.3) is 10.8 Å². The molecular weight excluding hydrogens is 288 g/mol. The van der Waals surface area contributed by atoms with E-state index in [-0.39, 0.29) is 6.10 Å². The Labute approximate surface area is 135 Å². The summed E-state index contributed by atoms with van der Waals surface area (Å²) in [5, 5.41) is 2.48. The van der Waals surface area contributed by atoms with Gasteiger partial charge in [0, 0.05) is 0 Å². The molecule has 3 aromatic carbocycles. The van der Waals surface area contributed by atoms with Crippen molar-refractivity contribution in [1.82, 2.24) is 0 Å². The van der Waals surface area contributed by atoms with E-state index < -0.39 is 0 Å². The van der Waals surface area contributed by atoms with Gasteiger partial charge in [-0.05, 0) is 46.7 Å². The first-order valence-electron chi connectivity index (χ1n) is 7.82. The van der Waals surface area contributed by atoms with Crippen molar-refractivity contribution in [2.75, 3.05) is 13.2 Å². The molecule has 3 aromatic rings. The van der Waals surface area contributed by atoms with Crippen LogP contribution in [0.4, 0.5) is 0 Å². The molecule has 0 saturated carbocycles. The molecule has 1 aliphatic heterocycles. The second kappa shape index (κ2) is 6.31. The zero-order valence-electron chi connectivity index (χ0n) is 12.8. The lowest BCUT2D eigenvalue weighted by Gasteiger charge is -2.09. The molecule has 0 aromatic heterocycles. The van der Waals surface area contributed by atoms with Crippen LogP contribution in [0.2, 0.25) is 0 Å². The van der Waals surface area contributed by atoms with Gasteiger partial charge < -0.3 is 14.2 Å². The van der Waals surface area contributed by atoms with E-state index in [1.807, 2.05) is 24.3 Å². The van der Waals surface area contributed by atoms with Gasteiger partial charge in [-0.25, -0.2) is 0 Å². The van der Waals surface area contributed by atoms with E-state index in [0.717, 1.165) is 23.7 Å². The maximum absolute atomic E-state index is 5.85. The van der Waals surface area contributed by atoms with E-state index in [9.17, 15) is 0 Å². The largest absolute Gasteiger partial charge is 0.491 e. The number of benzene rings is 3. The first-order chi connectivity index (χ1) is 11.4. The fourth-order valence-corrected chi connectivity index (χ4v) is 2.48. The van der Waals surface area contributed by atoms with Crippen molar-refractivity contribution in [3.05, 3.63) is 72.3 Å². The predicted octanol–water partition coefficient (Wildman–Crippen LogP) is 4.20. The molecule has 3 heteroatoms. The number of hydrogen-bond acceptors (Lipinski definition) is 3. The van der Waals surface area contributed by atoms with Crippen LogP contribution in [0, 0.1) is 0 Å². The molecule has 1 fully saturated rings. The molecular formula is C20H18O3. The molecule has 23 heavy (non-hydrogen) atoms. The van der Waals surface area contributed by atoms with Gasteiger partial charge in [0.05, 0.1) is 6.61 Å². The molecule has 4 rings (SSSR count). The van der Waals surface area contributed by atoms with Crippen LogP contribution in [0.3, 0.4) is 0 Å². The molecule has 3 nitrogen and oxygen atoms in total. The third-order valence-corrected chi connectivity index (χ3v) is 3.88. The molecule has 1 unspecified atom stereocenters. The molecule has 116 valence electrons. The molecule has 0 bridgehead atoms. The first kappa shape index (κ1) is 14.1. The van der Waals surface area contributed by atoms with E-state index >= 15 is 0 Å². The van der Waals surface area contributed by atoms with Crippen LogP contribution in [0.15, 0.2) is 66.7 Å². The second-order valence-electron chi connectivity index (χ2n) is 5.71. The third kappa shape index (κ3) is 3.63. The van der Waals surface area contributed by atoms with Gasteiger partial charge in [-0.15, -0.1) is 0 Å². The highest BCUT2D eigenvalue weighted by Gasteiger charge is 2.22. The molecule has 0 aliphatic carbocycles. The Kier molecular flexibility index (Phi) is 3.86. The Bertz CT molecular complexity index is 791. The van der Waals surface area contributed by atoms with Gasteiger partial charge in [0.15, 0.2) is 0 Å². The van der Waals surface area contributed by atoms with Gasteiger partial charge in [-0.1, -0.05) is 36.4 Å². The van der Waals surface area contributed by atoms with Crippen molar-refractivity contribution in [3.63, 3.8) is 0 Å². The summed E-state index contributed by atoms with van der Waals surface area (Å²) < 4.78 is 16.6. The molecule has 1 saturated heterocycles. The van der Waals surface area contributed by atoms with Gasteiger partial charge in [0.2, 0.25) is 0 Å². The Balaban J connectivity index is 1.37. The average Bonchev–Trinajstić information content (AvgIpc) is 3.43. The lowest BCUT2D eigenvalue weighted by Crippen LogP contribution is -2.03. The Morgan fingerprint density at radius 2 is 1.52 bits per heavy atom. The van der Waals surface area contributed by atoms with Gasteiger partial charge >= 0.3 is 0 Å². The molecule has 0 N–H and O–H groups in total. The fourth-order valence-electron chi connectivity index (χ4n) is 2.48. The van der Waals surface area contributed by atoms with Crippen molar-refractivity contribution in [2.45, 2.75) is 12.7 Å². The van der Waals surface area contributed by atoms with Crippen LogP contribution in [-0.2, 0) is 11.3 Å². The summed E-state index contributed by atoms with van der Waals surface area (Å²) in [7, 11) is 0. The normalized spacial score (nSPS) is 16.3. The third-order valence-electron chi connectivity index (χ3n) is 3.88. The number of hydrogen-bond donors (Lipinski definition) is 0. The van der Waals surface area contributed by atoms with Crippen LogP contribution >= 0.6 is 0 Å². The quantitative estimate of drug-likeness (QED) is 0.640. The van der Waals surface area contributed by atoms with Crippen molar-refractivity contribution in [1.29, 1.82) is 0 Å². The Morgan fingerprint density at radius 1 is 0.826 bits per heavy atom. The minimum atomic E-state index is 0.277. The smallest absolute Gasteiger partial charge is 0.120 e. The predicted molar refractivity (Wildman–Crippen MR) is 90.0 cm³/mol. The van der Waals surface area contributed by atoms with E-state index in [4.69, 9.17) is 14.2 Å². The van der Waals surface area contributed by atoms with Crippen LogP contribution < -0.4 is 9.47 Å². The first-order valence-corrected chi connectivity index (χ1v) is 7.82. The maximum Gasteiger partial charge on any atom is 0.120 e. The summed E-state index contributed by atoms with van der Waals surface area (Å²) in [6, 6.07) is 22.5. The average molecular weight is 306 g/mol. The monoisotopic (exact) mass is 306 g/mol. The summed E-state index contributed by atoms with van der Waals surface area (Å²) in [6.45, 7) is 1.99. The van der Waals surface area contributed by atoms with Gasteiger partial charge in [0.25, 0.3) is 0 Å². The van der Waals surface area contributed by atoms with Crippen molar-refractivity contribution < 1.29 is 14.2 Å². The highest BCUT2D eigenvalue weighted by molar-refractivity contribution is 5.82. The van der Waals surface area contributed by atoms with Crippen LogP contribution in [-0.4, -0.2) is 19.3 Å². The lowest BCUT2D eigenvalue weighted by molar-refractivity contribution is 0.262. The highest BCUT2D eigenvalue weighted by Crippen LogP contribution is 2.21. The van der Waals surface area contributed by atoms with Crippen molar-refractivity contribution >= 4 is 10.8 Å². The van der Waals surface area contributed by atoms with Crippen LogP contribution in [0.1, 0.15) is 5.56 Å². The second-order valence-corrected chi connectivity index (χ2v) is 5.71. The number of ether oxygens (including phenoxy) is 3. The fraction of sp³-hybridized carbons (Fsp3) is 0.200. The minimum Gasteiger partial charge on any atom is -0.491 e. The summed E-state index contributed by atoms with van der Waals surface area (Å²) in [5.41, 5.74) is 1.16. The molecule has 1 atom stereocenters. The van der Waals surface area contributed by atoms with E-state index in [2.05, 4.69) is 42.5 Å². The summed E-state index contributed by atoms with van der Waals surface area (Å²) in [4.78, 5) is 0. The van der Waals surface area contributed by atoms with Gasteiger partial charge in [0.1, 0.15) is 30.8 Å². The molecule has 0 amide bonds. The van der Waals surface area contributed by atoms with E-state index in [0.29, 0.717) is 13.2 Å². The standard InChI is InChI=1S/C20H18O3/c1-2-4-17-11-15(5-6-16(17)3-1)12-21-18-7-9-19(10-8-18)22-13-20-14-23-20/h1-11,20H,12-14H2. The van der Waals surface area contributed by atoms with Crippen molar-refractivity contribution in [2.24, 2.45) is 0 Å². The summed E-state index contributed by atoms with van der Waals surface area (Å²) in [6.07, 6.45) is 0.277. The highest BCUT2D eigenvalue weighted by atomic mass is 16.6. The SMILES string of the molecule is c1ccc2cc(COc3ccc(OCC4CO4)cc3)ccc2c1. The Morgan fingerprint density at radius 3 is 2.26 bits per heavy atom. The topological polar surface area (TPSA) is 31.0 Å². The zero-order chi connectivity index (χ0) is 15.5. The van der Waals surface area contributed by atoms with E-state index in [1.165, 1.54) is 10.8 Å². The van der Waals surface area contributed by atoms with Gasteiger partial charge in [-0.2, -0.15) is 0 Å². The zero-order valence-corrected chi connectivity index (χ0v) is 12.8. The van der Waals surface area contributed by atoms with Crippen molar-refractivity contribution in [3.8, 4) is 11.5 Å². The summed E-state index contributed by atoms with van der Waals surface area (Å²) >= 11 is 0. The summed E-state index contributed by atoms with van der Waals surface area (Å²) in [5.74, 6) is 1.69. The Hall–Kier alpha value is -2.52. The maximum atomic E-state index is 5.85. The van der Waals surface area contributed by atoms with Crippen LogP contribution in [0.5, 0.6) is 11.5 Å². The molecule has 0 radical (unpaired) electrons. The molecule has 1 heterocycles. The van der Waals surface area contributed by atoms with E-state index in [1.54, 1.807) is 0 Å². The molecule has 0 spiro atoms. The minimum absolute atomic E-state index is 0.277. The number of epoxide rings is 1.